The van der Waals surface area contributed by atoms with Gasteiger partial charge < -0.3 is 9.47 Å². The molecular formula is C21H17N3O3S2. The normalized spacial score (nSPS) is 11.1. The van der Waals surface area contributed by atoms with E-state index < -0.39 is 0 Å². The highest BCUT2D eigenvalue weighted by Crippen LogP contribution is 2.32. The van der Waals surface area contributed by atoms with E-state index in [0.717, 1.165) is 20.8 Å². The molecule has 0 N–H and O–H groups in total. The number of nitrogens with zero attached hydrogens (tertiary/aromatic N) is 3. The van der Waals surface area contributed by atoms with E-state index in [9.17, 15) is 4.79 Å². The molecule has 2 heterocycles. The number of hydrogen-bond acceptors (Lipinski definition) is 7. The molecule has 2 aromatic heterocycles. The van der Waals surface area contributed by atoms with Gasteiger partial charge in [0, 0.05) is 10.4 Å². The van der Waals surface area contributed by atoms with Gasteiger partial charge in [0.25, 0.3) is 5.91 Å². The Balaban J connectivity index is 1.74. The topological polar surface area (TPSA) is 64.0 Å². The van der Waals surface area contributed by atoms with Crippen molar-refractivity contribution in [1.82, 2.24) is 4.98 Å². The molecule has 29 heavy (non-hydrogen) atoms. The van der Waals surface area contributed by atoms with Gasteiger partial charge in [-0.1, -0.05) is 17.4 Å². The SMILES string of the molecule is COc1ccc(C(=O)N(/N=C/c2cccs2)c2nc3ccc(OC)cc3s2)cc1. The Labute approximate surface area is 175 Å². The van der Waals surface area contributed by atoms with Gasteiger partial charge in [0.2, 0.25) is 5.13 Å². The molecule has 0 aliphatic rings. The van der Waals surface area contributed by atoms with Gasteiger partial charge in [-0.3, -0.25) is 4.79 Å². The summed E-state index contributed by atoms with van der Waals surface area (Å²) in [4.78, 5) is 18.8. The average molecular weight is 424 g/mol. The monoisotopic (exact) mass is 423 g/mol. The fourth-order valence-corrected chi connectivity index (χ4v) is 4.16. The summed E-state index contributed by atoms with van der Waals surface area (Å²) >= 11 is 2.93. The zero-order valence-electron chi connectivity index (χ0n) is 15.7. The minimum atomic E-state index is -0.272. The number of thiazole rings is 1. The maximum atomic E-state index is 13.2. The zero-order valence-corrected chi connectivity index (χ0v) is 17.4. The molecule has 0 spiro atoms. The van der Waals surface area contributed by atoms with E-state index in [1.807, 2.05) is 35.7 Å². The number of fused-ring (bicyclic) bond motifs is 1. The van der Waals surface area contributed by atoms with Crippen molar-refractivity contribution in [2.75, 3.05) is 19.2 Å². The number of thiophene rings is 1. The molecule has 0 atom stereocenters. The Bertz CT molecular complexity index is 1150. The molecule has 4 aromatic rings. The van der Waals surface area contributed by atoms with E-state index in [2.05, 4.69) is 10.1 Å². The molecule has 1 amide bonds. The molecule has 0 saturated carbocycles. The van der Waals surface area contributed by atoms with Gasteiger partial charge in [0.15, 0.2) is 0 Å². The fourth-order valence-electron chi connectivity index (χ4n) is 2.63. The molecule has 146 valence electrons. The number of hydrazone groups is 1. The van der Waals surface area contributed by atoms with Gasteiger partial charge in [0.1, 0.15) is 11.5 Å². The van der Waals surface area contributed by atoms with Gasteiger partial charge in [0.05, 0.1) is 30.7 Å². The highest BCUT2D eigenvalue weighted by atomic mass is 32.1. The molecule has 4 rings (SSSR count). The standard InChI is InChI=1S/C21H17N3O3S2/c1-26-15-7-5-14(6-8-15)20(25)24(22-13-17-4-3-11-28-17)21-23-18-10-9-16(27-2)12-19(18)29-21/h3-13H,1-2H3/b22-13+. The summed E-state index contributed by atoms with van der Waals surface area (Å²) < 4.78 is 11.4. The minimum Gasteiger partial charge on any atom is -0.497 e. The van der Waals surface area contributed by atoms with Crippen LogP contribution in [0, 0.1) is 0 Å². The van der Waals surface area contributed by atoms with Crippen LogP contribution in [0.3, 0.4) is 0 Å². The summed E-state index contributed by atoms with van der Waals surface area (Å²) in [6, 6.07) is 16.4. The summed E-state index contributed by atoms with van der Waals surface area (Å²) in [5, 5.41) is 8.23. The molecule has 0 aliphatic carbocycles. The maximum Gasteiger partial charge on any atom is 0.280 e. The Morgan fingerprint density at radius 2 is 1.83 bits per heavy atom. The fraction of sp³-hybridized carbons (Fsp3) is 0.0952. The maximum absolute atomic E-state index is 13.2. The van der Waals surface area contributed by atoms with E-state index >= 15 is 0 Å². The molecule has 2 aromatic carbocycles. The van der Waals surface area contributed by atoms with Crippen LogP contribution in [-0.4, -0.2) is 31.3 Å². The lowest BCUT2D eigenvalue weighted by Gasteiger charge is -2.14. The number of rotatable bonds is 6. The zero-order chi connectivity index (χ0) is 20.2. The molecule has 0 fully saturated rings. The van der Waals surface area contributed by atoms with Crippen LogP contribution in [0.25, 0.3) is 10.2 Å². The Morgan fingerprint density at radius 1 is 1.07 bits per heavy atom. The second-order valence-corrected chi connectivity index (χ2v) is 7.92. The minimum absolute atomic E-state index is 0.272. The van der Waals surface area contributed by atoms with E-state index in [1.54, 1.807) is 56.0 Å². The number of aromatic nitrogens is 1. The van der Waals surface area contributed by atoms with Crippen LogP contribution in [0.1, 0.15) is 15.2 Å². The van der Waals surface area contributed by atoms with Gasteiger partial charge in [-0.15, -0.1) is 11.3 Å². The third kappa shape index (κ3) is 4.13. The average Bonchev–Trinajstić information content (AvgIpc) is 3.43. The smallest absolute Gasteiger partial charge is 0.280 e. The first-order valence-electron chi connectivity index (χ1n) is 8.68. The molecule has 8 heteroatoms. The first kappa shape index (κ1) is 19.1. The van der Waals surface area contributed by atoms with Crippen molar-refractivity contribution in [2.24, 2.45) is 5.10 Å². The first-order valence-corrected chi connectivity index (χ1v) is 10.4. The van der Waals surface area contributed by atoms with Crippen LogP contribution in [0.4, 0.5) is 5.13 Å². The number of carbonyl (C=O) groups excluding carboxylic acids is 1. The van der Waals surface area contributed by atoms with E-state index in [-0.39, 0.29) is 5.91 Å². The van der Waals surface area contributed by atoms with Crippen molar-refractivity contribution in [2.45, 2.75) is 0 Å². The lowest BCUT2D eigenvalue weighted by molar-refractivity contribution is 0.0988. The number of hydrogen-bond donors (Lipinski definition) is 0. The number of benzene rings is 2. The quantitative estimate of drug-likeness (QED) is 0.321. The molecule has 0 unspecified atom stereocenters. The third-order valence-corrected chi connectivity index (χ3v) is 5.94. The largest absolute Gasteiger partial charge is 0.497 e. The summed E-state index contributed by atoms with van der Waals surface area (Å²) in [6.45, 7) is 0. The summed E-state index contributed by atoms with van der Waals surface area (Å²) in [6.07, 6.45) is 1.67. The Hall–Kier alpha value is -3.23. The van der Waals surface area contributed by atoms with Crippen molar-refractivity contribution in [3.8, 4) is 11.5 Å². The summed E-state index contributed by atoms with van der Waals surface area (Å²) in [7, 11) is 3.21. The van der Waals surface area contributed by atoms with E-state index in [1.165, 1.54) is 16.3 Å². The van der Waals surface area contributed by atoms with E-state index in [0.29, 0.717) is 16.4 Å². The number of anilines is 1. The Morgan fingerprint density at radius 3 is 2.52 bits per heavy atom. The number of methoxy groups -OCH3 is 2. The van der Waals surface area contributed by atoms with Gasteiger partial charge in [-0.05, 0) is 53.9 Å². The molecule has 0 aliphatic heterocycles. The molecular weight excluding hydrogens is 406 g/mol. The van der Waals surface area contributed by atoms with Crippen LogP contribution in [0.5, 0.6) is 11.5 Å². The lowest BCUT2D eigenvalue weighted by atomic mass is 10.2. The highest BCUT2D eigenvalue weighted by molar-refractivity contribution is 7.22. The van der Waals surface area contributed by atoms with Gasteiger partial charge in [-0.2, -0.15) is 10.1 Å². The van der Waals surface area contributed by atoms with Crippen LogP contribution in [-0.2, 0) is 0 Å². The van der Waals surface area contributed by atoms with Crippen molar-refractivity contribution in [3.63, 3.8) is 0 Å². The second-order valence-electron chi connectivity index (χ2n) is 5.94. The highest BCUT2D eigenvalue weighted by Gasteiger charge is 2.21. The summed E-state index contributed by atoms with van der Waals surface area (Å²) in [5.74, 6) is 1.15. The number of ether oxygens (including phenoxy) is 2. The van der Waals surface area contributed by atoms with Crippen molar-refractivity contribution < 1.29 is 14.3 Å². The molecule has 0 saturated heterocycles. The van der Waals surface area contributed by atoms with Crippen LogP contribution in [0.15, 0.2) is 65.1 Å². The predicted octanol–water partition coefficient (Wildman–Crippen LogP) is 5.06. The van der Waals surface area contributed by atoms with Gasteiger partial charge >= 0.3 is 0 Å². The molecule has 0 radical (unpaired) electrons. The lowest BCUT2D eigenvalue weighted by Crippen LogP contribution is -2.25. The van der Waals surface area contributed by atoms with Crippen molar-refractivity contribution >= 4 is 50.1 Å². The number of carbonyl (C=O) groups is 1. The second kappa shape index (κ2) is 8.42. The van der Waals surface area contributed by atoms with Crippen LogP contribution >= 0.6 is 22.7 Å². The molecule has 6 nitrogen and oxygen atoms in total. The number of amides is 1. The summed E-state index contributed by atoms with van der Waals surface area (Å²) in [5.41, 5.74) is 1.27. The Kier molecular flexibility index (Phi) is 5.55. The van der Waals surface area contributed by atoms with Crippen molar-refractivity contribution in [1.29, 1.82) is 0 Å². The van der Waals surface area contributed by atoms with Crippen molar-refractivity contribution in [3.05, 3.63) is 70.4 Å². The van der Waals surface area contributed by atoms with E-state index in [4.69, 9.17) is 9.47 Å². The predicted molar refractivity (Wildman–Crippen MR) is 118 cm³/mol. The first-order chi connectivity index (χ1) is 14.2. The van der Waals surface area contributed by atoms with Crippen LogP contribution < -0.4 is 14.5 Å². The molecule has 0 bridgehead atoms. The van der Waals surface area contributed by atoms with Crippen LogP contribution in [0.2, 0.25) is 0 Å². The van der Waals surface area contributed by atoms with Gasteiger partial charge in [-0.25, -0.2) is 4.98 Å². The third-order valence-electron chi connectivity index (χ3n) is 4.14.